The molecule has 1 unspecified atom stereocenters. The fraction of sp³-hybridized carbons (Fsp3) is 0.538. The first-order valence-corrected chi connectivity index (χ1v) is 6.01. The number of methoxy groups -OCH3 is 1. The molecule has 1 saturated heterocycles. The maximum Gasteiger partial charge on any atom is 0.200 e. The van der Waals surface area contributed by atoms with Crippen LogP contribution in [0.4, 0.5) is 13.2 Å². The molecule has 1 aliphatic rings. The van der Waals surface area contributed by atoms with Crippen LogP contribution in [0.15, 0.2) is 12.1 Å². The number of piperidine rings is 1. The van der Waals surface area contributed by atoms with E-state index in [9.17, 15) is 13.2 Å². The van der Waals surface area contributed by atoms with Gasteiger partial charge in [-0.25, -0.2) is 8.78 Å². The number of hydrogen-bond acceptors (Lipinski definition) is 2. The van der Waals surface area contributed by atoms with E-state index in [2.05, 4.69) is 10.1 Å². The average Bonchev–Trinajstić information content (AvgIpc) is 2.42. The smallest absolute Gasteiger partial charge is 0.200 e. The first-order valence-electron chi connectivity index (χ1n) is 6.01. The van der Waals surface area contributed by atoms with Crippen LogP contribution in [0.3, 0.4) is 0 Å². The Labute approximate surface area is 104 Å². The van der Waals surface area contributed by atoms with Gasteiger partial charge in [-0.2, -0.15) is 4.39 Å². The second kappa shape index (κ2) is 5.61. The maximum absolute atomic E-state index is 14.2. The Morgan fingerprint density at radius 1 is 1.22 bits per heavy atom. The molecular weight excluding hydrogens is 243 g/mol. The highest BCUT2D eigenvalue weighted by Gasteiger charge is 2.28. The van der Waals surface area contributed by atoms with Crippen molar-refractivity contribution in [1.82, 2.24) is 5.32 Å². The molecule has 1 aliphatic heterocycles. The van der Waals surface area contributed by atoms with Crippen molar-refractivity contribution in [2.24, 2.45) is 5.92 Å². The Hall–Kier alpha value is -1.23. The van der Waals surface area contributed by atoms with Crippen molar-refractivity contribution in [1.29, 1.82) is 0 Å². The lowest BCUT2D eigenvalue weighted by Gasteiger charge is -2.26. The van der Waals surface area contributed by atoms with E-state index in [0.717, 1.165) is 0 Å². The molecule has 0 spiro atoms. The average molecular weight is 259 g/mol. The molecule has 5 heteroatoms. The zero-order valence-corrected chi connectivity index (χ0v) is 10.2. The van der Waals surface area contributed by atoms with Crippen molar-refractivity contribution in [2.45, 2.75) is 19.0 Å². The zero-order chi connectivity index (χ0) is 13.1. The van der Waals surface area contributed by atoms with Crippen molar-refractivity contribution < 1.29 is 17.9 Å². The number of ether oxygens (including phenoxy) is 1. The molecular formula is C13H16F3NO. The first kappa shape index (κ1) is 13.2. The summed E-state index contributed by atoms with van der Waals surface area (Å²) in [5.74, 6) is -2.71. The van der Waals surface area contributed by atoms with E-state index in [4.69, 9.17) is 0 Å². The van der Waals surface area contributed by atoms with Gasteiger partial charge >= 0.3 is 0 Å². The summed E-state index contributed by atoms with van der Waals surface area (Å²) in [6.45, 7) is 1.43. The summed E-state index contributed by atoms with van der Waals surface area (Å²) >= 11 is 0. The lowest BCUT2D eigenvalue weighted by molar-refractivity contribution is 0.184. The summed E-state index contributed by atoms with van der Waals surface area (Å²) < 4.78 is 46.1. The zero-order valence-electron chi connectivity index (χ0n) is 10.2. The van der Waals surface area contributed by atoms with Crippen LogP contribution in [0.1, 0.15) is 24.6 Å². The molecule has 1 atom stereocenters. The third-order valence-corrected chi connectivity index (χ3v) is 3.39. The molecule has 1 aromatic rings. The Bertz CT molecular complexity index is 419. The molecule has 0 saturated carbocycles. The van der Waals surface area contributed by atoms with E-state index in [1.807, 2.05) is 0 Å². The highest BCUT2D eigenvalue weighted by molar-refractivity contribution is 5.32. The van der Waals surface area contributed by atoms with Gasteiger partial charge in [-0.15, -0.1) is 0 Å². The molecule has 100 valence electrons. The van der Waals surface area contributed by atoms with Gasteiger partial charge in [-0.1, -0.05) is 0 Å². The van der Waals surface area contributed by atoms with Gasteiger partial charge in [0.15, 0.2) is 11.6 Å². The number of rotatable bonds is 3. The van der Waals surface area contributed by atoms with Crippen molar-refractivity contribution in [3.63, 3.8) is 0 Å². The molecule has 0 radical (unpaired) electrons. The second-order valence-electron chi connectivity index (χ2n) is 4.47. The Morgan fingerprint density at radius 2 is 1.89 bits per heavy atom. The normalized spacial score (nSPS) is 18.7. The summed E-state index contributed by atoms with van der Waals surface area (Å²) in [6, 6.07) is 2.53. The van der Waals surface area contributed by atoms with Gasteiger partial charge in [0.25, 0.3) is 0 Å². The standard InChI is InChI=1S/C13H16F3NO/c1-18-10-3-2-9(12(15)13(10)16)11(14)8-4-6-17-7-5-8/h2-3,8,11,17H,4-7H2,1H3. The topological polar surface area (TPSA) is 21.3 Å². The molecule has 0 aromatic heterocycles. The Morgan fingerprint density at radius 3 is 2.50 bits per heavy atom. The molecule has 0 aliphatic carbocycles. The minimum absolute atomic E-state index is 0.200. The number of hydrogen-bond donors (Lipinski definition) is 1. The highest BCUT2D eigenvalue weighted by Crippen LogP contribution is 2.36. The minimum Gasteiger partial charge on any atom is -0.494 e. The van der Waals surface area contributed by atoms with E-state index in [1.54, 1.807) is 0 Å². The van der Waals surface area contributed by atoms with E-state index in [0.29, 0.717) is 25.9 Å². The molecule has 2 nitrogen and oxygen atoms in total. The van der Waals surface area contributed by atoms with Crippen LogP contribution >= 0.6 is 0 Å². The summed E-state index contributed by atoms with van der Waals surface area (Å²) in [5.41, 5.74) is -0.208. The molecule has 2 rings (SSSR count). The third kappa shape index (κ3) is 2.46. The Balaban J connectivity index is 2.24. The second-order valence-corrected chi connectivity index (χ2v) is 4.47. The van der Waals surface area contributed by atoms with Crippen LogP contribution in [0.2, 0.25) is 0 Å². The molecule has 1 N–H and O–H groups in total. The van der Waals surface area contributed by atoms with E-state index in [1.165, 1.54) is 19.2 Å². The van der Waals surface area contributed by atoms with Crippen LogP contribution in [0.5, 0.6) is 5.75 Å². The summed E-state index contributed by atoms with van der Waals surface area (Å²) in [4.78, 5) is 0. The number of halogens is 3. The number of nitrogens with one attached hydrogen (secondary N) is 1. The summed E-state index contributed by atoms with van der Waals surface area (Å²) in [6.07, 6.45) is -0.199. The molecule has 0 bridgehead atoms. The van der Waals surface area contributed by atoms with Crippen molar-refractivity contribution in [3.05, 3.63) is 29.3 Å². The van der Waals surface area contributed by atoms with E-state index >= 15 is 0 Å². The van der Waals surface area contributed by atoms with Crippen LogP contribution in [0.25, 0.3) is 0 Å². The maximum atomic E-state index is 14.2. The highest BCUT2D eigenvalue weighted by atomic mass is 19.2. The van der Waals surface area contributed by atoms with Crippen molar-refractivity contribution >= 4 is 0 Å². The van der Waals surface area contributed by atoms with Crippen LogP contribution in [0, 0.1) is 17.6 Å². The van der Waals surface area contributed by atoms with Gasteiger partial charge in [-0.05, 0) is 44.0 Å². The van der Waals surface area contributed by atoms with Crippen LogP contribution in [-0.2, 0) is 0 Å². The van der Waals surface area contributed by atoms with E-state index < -0.39 is 17.8 Å². The third-order valence-electron chi connectivity index (χ3n) is 3.39. The molecule has 1 heterocycles. The molecule has 0 amide bonds. The lowest BCUT2D eigenvalue weighted by atomic mass is 9.89. The summed E-state index contributed by atoms with van der Waals surface area (Å²) in [5, 5.41) is 3.11. The van der Waals surface area contributed by atoms with Gasteiger partial charge < -0.3 is 10.1 Å². The molecule has 18 heavy (non-hydrogen) atoms. The quantitative estimate of drug-likeness (QED) is 0.901. The number of alkyl halides is 1. The fourth-order valence-electron chi connectivity index (χ4n) is 2.31. The van der Waals surface area contributed by atoms with Crippen molar-refractivity contribution in [3.8, 4) is 5.75 Å². The van der Waals surface area contributed by atoms with Crippen molar-refractivity contribution in [2.75, 3.05) is 20.2 Å². The SMILES string of the molecule is COc1ccc(C(F)C2CCNCC2)c(F)c1F. The largest absolute Gasteiger partial charge is 0.494 e. The van der Waals surface area contributed by atoms with Crippen LogP contribution in [-0.4, -0.2) is 20.2 Å². The first-order chi connectivity index (χ1) is 8.65. The molecule has 1 aromatic carbocycles. The monoisotopic (exact) mass is 259 g/mol. The van der Waals surface area contributed by atoms with Gasteiger partial charge in [0.2, 0.25) is 5.82 Å². The predicted molar refractivity (Wildman–Crippen MR) is 62.4 cm³/mol. The van der Waals surface area contributed by atoms with Gasteiger partial charge in [-0.3, -0.25) is 0 Å². The molecule has 1 fully saturated rings. The lowest BCUT2D eigenvalue weighted by Crippen LogP contribution is -2.30. The van der Waals surface area contributed by atoms with E-state index in [-0.39, 0.29) is 17.2 Å². The van der Waals surface area contributed by atoms with Gasteiger partial charge in [0.05, 0.1) is 7.11 Å². The fourth-order valence-corrected chi connectivity index (χ4v) is 2.31. The minimum atomic E-state index is -1.47. The predicted octanol–water partition coefficient (Wildman–Crippen LogP) is 2.98. The summed E-state index contributed by atoms with van der Waals surface area (Å²) in [7, 11) is 1.25. The van der Waals surface area contributed by atoms with Crippen LogP contribution < -0.4 is 10.1 Å². The number of benzene rings is 1. The Kier molecular flexibility index (Phi) is 4.11. The van der Waals surface area contributed by atoms with Gasteiger partial charge in [0.1, 0.15) is 6.17 Å². The van der Waals surface area contributed by atoms with Gasteiger partial charge in [0, 0.05) is 5.56 Å².